The molecule has 7 nitrogen and oxygen atoms in total. The molecule has 146 valence electrons. The van der Waals surface area contributed by atoms with Gasteiger partial charge in [-0.05, 0) is 62.1 Å². The normalized spacial score (nSPS) is 11.8. The summed E-state index contributed by atoms with van der Waals surface area (Å²) < 4.78 is 5.29. The van der Waals surface area contributed by atoms with Crippen molar-refractivity contribution in [2.45, 2.75) is 26.2 Å². The first-order valence-corrected chi connectivity index (χ1v) is 9.09. The fourth-order valence-corrected chi connectivity index (χ4v) is 2.97. The molecule has 8 heteroatoms. The number of fused-ring (bicyclic) bond motifs is 1. The second kappa shape index (κ2) is 8.31. The zero-order valence-electron chi connectivity index (χ0n) is 15.5. The van der Waals surface area contributed by atoms with Gasteiger partial charge in [0.1, 0.15) is 16.7 Å². The van der Waals surface area contributed by atoms with Crippen LogP contribution in [0.5, 0.6) is 11.5 Å². The summed E-state index contributed by atoms with van der Waals surface area (Å²) in [5, 5.41) is 28.8. The second-order valence-electron chi connectivity index (χ2n) is 6.37. The molecular weight excluding hydrogens is 382 g/mol. The Labute approximate surface area is 166 Å². The number of unbranched alkanes of at least 4 members (excludes halogenated alkanes) is 1. The molecule has 2 aromatic carbocycles. The Morgan fingerprint density at radius 2 is 2.00 bits per heavy atom. The van der Waals surface area contributed by atoms with Crippen molar-refractivity contribution in [2.75, 3.05) is 7.11 Å². The number of allylic oxidation sites excluding steroid dienone is 1. The van der Waals surface area contributed by atoms with Gasteiger partial charge in [-0.3, -0.25) is 0 Å². The lowest BCUT2D eigenvalue weighted by Crippen LogP contribution is -2.02. The molecule has 0 saturated heterocycles. The Balaban J connectivity index is 1.89. The van der Waals surface area contributed by atoms with E-state index in [1.165, 1.54) is 11.9 Å². The van der Waals surface area contributed by atoms with Crippen molar-refractivity contribution in [3.05, 3.63) is 52.6 Å². The molecule has 0 aliphatic heterocycles. The quantitative estimate of drug-likeness (QED) is 0.456. The molecule has 1 heterocycles. The van der Waals surface area contributed by atoms with Crippen molar-refractivity contribution in [3.63, 3.8) is 0 Å². The Bertz CT molecular complexity index is 1060. The minimum atomic E-state index is -0.912. The SMILES string of the molecule is COc1cc(CCCC=C(C)C(=O)O)cc(-n2nc3ccc(Cl)cc3n2)c1O. The lowest BCUT2D eigenvalue weighted by molar-refractivity contribution is -0.132. The van der Waals surface area contributed by atoms with Gasteiger partial charge in [-0.2, -0.15) is 0 Å². The zero-order valence-corrected chi connectivity index (χ0v) is 16.3. The van der Waals surface area contributed by atoms with Crippen LogP contribution in [0.1, 0.15) is 25.3 Å². The Hall–Kier alpha value is -3.06. The number of aromatic nitrogens is 3. The van der Waals surface area contributed by atoms with E-state index in [9.17, 15) is 9.90 Å². The number of carboxylic acid groups (broad SMARTS) is 1. The van der Waals surface area contributed by atoms with Gasteiger partial charge >= 0.3 is 5.97 Å². The van der Waals surface area contributed by atoms with Gasteiger partial charge in [0, 0.05) is 10.6 Å². The van der Waals surface area contributed by atoms with Crippen LogP contribution in [0.25, 0.3) is 16.7 Å². The Morgan fingerprint density at radius 3 is 2.71 bits per heavy atom. The number of hydrogen-bond donors (Lipinski definition) is 2. The summed E-state index contributed by atoms with van der Waals surface area (Å²) in [5.41, 5.74) is 2.92. The maximum atomic E-state index is 10.8. The number of nitrogens with zero attached hydrogens (tertiary/aromatic N) is 3. The van der Waals surface area contributed by atoms with Gasteiger partial charge in [-0.15, -0.1) is 15.0 Å². The molecule has 0 saturated carbocycles. The molecule has 0 bridgehead atoms. The summed E-state index contributed by atoms with van der Waals surface area (Å²) >= 11 is 6.00. The number of halogens is 1. The molecule has 3 rings (SSSR count). The van der Waals surface area contributed by atoms with Crippen LogP contribution in [-0.2, 0) is 11.2 Å². The maximum Gasteiger partial charge on any atom is 0.330 e. The van der Waals surface area contributed by atoms with Crippen molar-refractivity contribution in [3.8, 4) is 17.2 Å². The molecular formula is C20H20ClN3O4. The number of carboxylic acids is 1. The molecule has 0 unspecified atom stereocenters. The first-order chi connectivity index (χ1) is 13.4. The van der Waals surface area contributed by atoms with E-state index in [0.29, 0.717) is 45.9 Å². The van der Waals surface area contributed by atoms with Crippen LogP contribution in [0.3, 0.4) is 0 Å². The van der Waals surface area contributed by atoms with Crippen molar-refractivity contribution >= 4 is 28.6 Å². The van der Waals surface area contributed by atoms with Gasteiger partial charge in [0.05, 0.1) is 7.11 Å². The summed E-state index contributed by atoms with van der Waals surface area (Å²) in [6.45, 7) is 1.57. The Morgan fingerprint density at radius 1 is 1.25 bits per heavy atom. The molecule has 0 aliphatic carbocycles. The number of methoxy groups -OCH3 is 1. The largest absolute Gasteiger partial charge is 0.503 e. The van der Waals surface area contributed by atoms with E-state index in [-0.39, 0.29) is 5.75 Å². The molecule has 2 N–H and O–H groups in total. The minimum Gasteiger partial charge on any atom is -0.503 e. The summed E-state index contributed by atoms with van der Waals surface area (Å²) in [6.07, 6.45) is 3.77. The van der Waals surface area contributed by atoms with E-state index in [0.717, 1.165) is 12.0 Å². The highest BCUT2D eigenvalue weighted by Crippen LogP contribution is 2.34. The van der Waals surface area contributed by atoms with E-state index < -0.39 is 5.97 Å². The second-order valence-corrected chi connectivity index (χ2v) is 6.81. The van der Waals surface area contributed by atoms with E-state index in [4.69, 9.17) is 21.4 Å². The van der Waals surface area contributed by atoms with E-state index in [2.05, 4.69) is 10.2 Å². The third-order valence-corrected chi connectivity index (χ3v) is 4.58. The number of phenols is 1. The molecule has 28 heavy (non-hydrogen) atoms. The number of aliphatic carboxylic acids is 1. The number of ether oxygens (including phenoxy) is 1. The summed E-state index contributed by atoms with van der Waals surface area (Å²) in [7, 11) is 1.48. The number of phenolic OH excluding ortho intramolecular Hbond substituents is 1. The minimum absolute atomic E-state index is 0.0562. The molecule has 0 radical (unpaired) electrons. The zero-order chi connectivity index (χ0) is 20.3. The van der Waals surface area contributed by atoms with Gasteiger partial charge < -0.3 is 14.9 Å². The summed E-state index contributed by atoms with van der Waals surface area (Å²) in [5.74, 6) is -0.645. The third-order valence-electron chi connectivity index (χ3n) is 4.35. The first-order valence-electron chi connectivity index (χ1n) is 8.72. The van der Waals surface area contributed by atoms with Crippen LogP contribution in [0, 0.1) is 0 Å². The predicted octanol–water partition coefficient (Wildman–Crippen LogP) is 4.14. The number of aromatic hydroxyl groups is 1. The Kier molecular flexibility index (Phi) is 5.84. The smallest absolute Gasteiger partial charge is 0.330 e. The number of rotatable bonds is 7. The third kappa shape index (κ3) is 4.26. The van der Waals surface area contributed by atoms with Crippen LogP contribution in [-0.4, -0.2) is 38.3 Å². The molecule has 0 spiro atoms. The molecule has 1 aromatic heterocycles. The predicted molar refractivity (Wildman–Crippen MR) is 106 cm³/mol. The van der Waals surface area contributed by atoms with Crippen LogP contribution >= 0.6 is 11.6 Å². The van der Waals surface area contributed by atoms with Gasteiger partial charge in [0.25, 0.3) is 0 Å². The number of hydrogen-bond acceptors (Lipinski definition) is 5. The van der Waals surface area contributed by atoms with Crippen molar-refractivity contribution in [1.82, 2.24) is 15.0 Å². The van der Waals surface area contributed by atoms with E-state index in [1.807, 2.05) is 0 Å². The van der Waals surface area contributed by atoms with Crippen LogP contribution in [0.4, 0.5) is 0 Å². The maximum absolute atomic E-state index is 10.8. The number of carbonyl (C=O) groups is 1. The molecule has 3 aromatic rings. The highest BCUT2D eigenvalue weighted by molar-refractivity contribution is 6.31. The fourth-order valence-electron chi connectivity index (χ4n) is 2.81. The monoisotopic (exact) mass is 401 g/mol. The number of aryl methyl sites for hydroxylation is 1. The standard InChI is InChI=1S/C20H20ClN3O4/c1-12(20(26)27)5-3-4-6-13-9-17(19(25)18(10-13)28-2)24-22-15-8-7-14(21)11-16(15)23-24/h5,7-11,25H,3-4,6H2,1-2H3,(H,26,27). The lowest BCUT2D eigenvalue weighted by Gasteiger charge is -2.11. The van der Waals surface area contributed by atoms with Crippen LogP contribution in [0.2, 0.25) is 5.02 Å². The number of benzene rings is 2. The molecule has 0 aliphatic rings. The highest BCUT2D eigenvalue weighted by atomic mass is 35.5. The summed E-state index contributed by atoms with van der Waals surface area (Å²) in [4.78, 5) is 12.2. The molecule has 0 fully saturated rings. The highest BCUT2D eigenvalue weighted by Gasteiger charge is 2.15. The lowest BCUT2D eigenvalue weighted by atomic mass is 10.1. The molecule has 0 atom stereocenters. The van der Waals surface area contributed by atoms with Crippen LogP contribution in [0.15, 0.2) is 42.0 Å². The van der Waals surface area contributed by atoms with Crippen molar-refractivity contribution in [2.24, 2.45) is 0 Å². The fraction of sp³-hybridized carbons (Fsp3) is 0.250. The average molecular weight is 402 g/mol. The summed E-state index contributed by atoms with van der Waals surface area (Å²) in [6, 6.07) is 8.75. The molecule has 0 amide bonds. The first kappa shape index (κ1) is 19.7. The van der Waals surface area contributed by atoms with E-state index in [1.54, 1.807) is 43.3 Å². The van der Waals surface area contributed by atoms with Crippen molar-refractivity contribution in [1.29, 1.82) is 0 Å². The van der Waals surface area contributed by atoms with E-state index >= 15 is 0 Å². The van der Waals surface area contributed by atoms with Crippen LogP contribution < -0.4 is 4.74 Å². The van der Waals surface area contributed by atoms with Gasteiger partial charge in [-0.25, -0.2) is 4.79 Å². The topological polar surface area (TPSA) is 97.5 Å². The van der Waals surface area contributed by atoms with Gasteiger partial charge in [0.15, 0.2) is 11.5 Å². The average Bonchev–Trinajstić information content (AvgIpc) is 3.08. The van der Waals surface area contributed by atoms with Crippen molar-refractivity contribution < 1.29 is 19.7 Å². The van der Waals surface area contributed by atoms with Gasteiger partial charge in [-0.1, -0.05) is 17.7 Å². The van der Waals surface area contributed by atoms with Gasteiger partial charge in [0.2, 0.25) is 0 Å².